The van der Waals surface area contributed by atoms with E-state index in [0.717, 1.165) is 170 Å². The van der Waals surface area contributed by atoms with Gasteiger partial charge >= 0.3 is 0 Å². The summed E-state index contributed by atoms with van der Waals surface area (Å²) < 4.78 is 4.75. The number of aliphatic hydroxyl groups is 2. The number of rotatable bonds is 15. The first kappa shape index (κ1) is 51.1. The highest BCUT2D eigenvalue weighted by atomic mass is 16.3. The van der Waals surface area contributed by atoms with Crippen LogP contribution in [-0.2, 0) is 9.59 Å². The van der Waals surface area contributed by atoms with Crippen LogP contribution in [-0.4, -0.2) is 111 Å². The maximum absolute atomic E-state index is 13.1. The van der Waals surface area contributed by atoms with Crippen molar-refractivity contribution in [2.45, 2.75) is 231 Å². The molecule has 6 heterocycles. The summed E-state index contributed by atoms with van der Waals surface area (Å²) in [5.74, 6) is 3.21. The fourth-order valence-corrected chi connectivity index (χ4v) is 12.4. The molecule has 380 valence electrons. The Hall–Kier alpha value is -4.30. The van der Waals surface area contributed by atoms with Crippen LogP contribution in [0.5, 0.6) is 0 Å². The molecule has 69 heavy (non-hydrogen) atoms. The summed E-state index contributed by atoms with van der Waals surface area (Å²) in [5, 5.41) is 29.4. The van der Waals surface area contributed by atoms with E-state index in [4.69, 9.17) is 15.0 Å². The molecule has 4 N–H and O–H groups in total. The lowest BCUT2D eigenvalue weighted by atomic mass is 9.86. The lowest BCUT2D eigenvalue weighted by molar-refractivity contribution is -0.137. The number of hydrogen-bond acceptors (Lipinski definition) is 10. The minimum absolute atomic E-state index is 0.171. The summed E-state index contributed by atoms with van der Waals surface area (Å²) in [6.07, 6.45) is 31.5. The molecule has 2 aliphatic heterocycles. The summed E-state index contributed by atoms with van der Waals surface area (Å²) in [4.78, 5) is 49.0. The topological polar surface area (TPSA) is 167 Å². The molecule has 0 radical (unpaired) electrons. The van der Waals surface area contributed by atoms with Crippen LogP contribution in [0.3, 0.4) is 0 Å². The Labute approximate surface area is 412 Å². The van der Waals surface area contributed by atoms with Crippen LogP contribution in [0.25, 0.3) is 22.1 Å². The summed E-state index contributed by atoms with van der Waals surface area (Å²) in [6, 6.07) is 1.41. The van der Waals surface area contributed by atoms with Crippen molar-refractivity contribution in [1.82, 2.24) is 38.9 Å². The van der Waals surface area contributed by atoms with E-state index in [-0.39, 0.29) is 18.1 Å². The Kier molecular flexibility index (Phi) is 17.9. The maximum Gasteiger partial charge on any atom is 0.225 e. The molecule has 2 atom stereocenters. The number of fused-ring (bicyclic) bond motifs is 2. The molecular formula is C55H86N10O4. The van der Waals surface area contributed by atoms with E-state index < -0.39 is 0 Å². The largest absolute Gasteiger partial charge is 0.393 e. The van der Waals surface area contributed by atoms with Crippen molar-refractivity contribution in [1.29, 1.82) is 0 Å². The van der Waals surface area contributed by atoms with Crippen molar-refractivity contribution < 1.29 is 19.8 Å². The second-order valence-corrected chi connectivity index (χ2v) is 21.8. The maximum atomic E-state index is 13.1. The van der Waals surface area contributed by atoms with E-state index in [0.29, 0.717) is 66.1 Å². The minimum Gasteiger partial charge on any atom is -0.393 e. The SMILES string of the molecule is CCCC(=O)N1CCC(c2cn(C3CCC(O)CC3)c3nc(N[C@@H](C)CCC)ncc23)CC1.CCC[C@H](C)Nc1ncc2c(C3CCN(C(=O)C4CCCCC4)CC3)cn(C3CCC(O)CC3)c2n1. The monoisotopic (exact) mass is 951 g/mol. The molecule has 14 nitrogen and oxygen atoms in total. The number of anilines is 2. The quantitative estimate of drug-likeness (QED) is 0.0901. The fourth-order valence-electron chi connectivity index (χ4n) is 12.4. The van der Waals surface area contributed by atoms with E-state index in [1.54, 1.807) is 0 Å². The molecule has 2 saturated heterocycles. The summed E-state index contributed by atoms with van der Waals surface area (Å²) in [7, 11) is 0. The van der Waals surface area contributed by atoms with Gasteiger partial charge < -0.3 is 39.8 Å². The number of piperidine rings is 2. The zero-order valence-corrected chi connectivity index (χ0v) is 42.9. The molecule has 9 rings (SSSR count). The minimum atomic E-state index is -0.172. The number of aliphatic hydroxyl groups excluding tert-OH is 2. The van der Waals surface area contributed by atoms with Crippen LogP contribution in [0, 0.1) is 5.92 Å². The molecule has 4 aromatic rings. The van der Waals surface area contributed by atoms with E-state index >= 15 is 0 Å². The average Bonchev–Trinajstić information content (AvgIpc) is 3.94. The van der Waals surface area contributed by atoms with Gasteiger partial charge in [-0.1, -0.05) is 52.9 Å². The summed E-state index contributed by atoms with van der Waals surface area (Å²) in [6.45, 7) is 14.2. The van der Waals surface area contributed by atoms with Crippen LogP contribution in [0.4, 0.5) is 11.9 Å². The van der Waals surface area contributed by atoms with Gasteiger partial charge in [0.05, 0.1) is 12.2 Å². The number of carbonyl (C=O) groups excluding carboxylic acids is 2. The Morgan fingerprint density at radius 1 is 0.594 bits per heavy atom. The zero-order valence-electron chi connectivity index (χ0n) is 42.9. The predicted octanol–water partition coefficient (Wildman–Crippen LogP) is 10.8. The normalized spacial score (nSPS) is 24.2. The third-order valence-electron chi connectivity index (χ3n) is 16.5. The molecule has 0 aromatic carbocycles. The third kappa shape index (κ3) is 12.6. The second kappa shape index (κ2) is 24.2. The zero-order chi connectivity index (χ0) is 48.4. The van der Waals surface area contributed by atoms with Gasteiger partial charge in [-0.15, -0.1) is 0 Å². The molecule has 5 aliphatic rings. The molecule has 0 bridgehead atoms. The first-order valence-corrected chi connectivity index (χ1v) is 27.7. The fraction of sp³-hybridized carbons (Fsp3) is 0.745. The Bertz CT molecular complexity index is 2260. The smallest absolute Gasteiger partial charge is 0.225 e. The first-order valence-electron chi connectivity index (χ1n) is 27.7. The summed E-state index contributed by atoms with van der Waals surface area (Å²) in [5.41, 5.74) is 4.70. The molecule has 0 unspecified atom stereocenters. The Balaban J connectivity index is 0.000000187. The van der Waals surface area contributed by atoms with Gasteiger partial charge in [0.25, 0.3) is 0 Å². The number of hydrogen-bond donors (Lipinski definition) is 4. The number of nitrogens with zero attached hydrogens (tertiary/aromatic N) is 8. The van der Waals surface area contributed by atoms with Crippen molar-refractivity contribution in [3.05, 3.63) is 35.9 Å². The molecule has 14 heteroatoms. The van der Waals surface area contributed by atoms with E-state index in [2.05, 4.69) is 76.7 Å². The highest BCUT2D eigenvalue weighted by molar-refractivity contribution is 5.83. The highest BCUT2D eigenvalue weighted by Crippen LogP contribution is 2.41. The average molecular weight is 951 g/mol. The van der Waals surface area contributed by atoms with Crippen LogP contribution in [0.1, 0.15) is 217 Å². The number of likely N-dealkylation sites (tertiary alicyclic amines) is 2. The Morgan fingerprint density at radius 2 is 1.03 bits per heavy atom. The lowest BCUT2D eigenvalue weighted by Crippen LogP contribution is -2.41. The van der Waals surface area contributed by atoms with Gasteiger partial charge in [-0.25, -0.2) is 9.97 Å². The predicted molar refractivity (Wildman–Crippen MR) is 277 cm³/mol. The molecule has 5 fully saturated rings. The van der Waals surface area contributed by atoms with Gasteiger partial charge in [-0.05, 0) is 146 Å². The number of amides is 2. The van der Waals surface area contributed by atoms with Crippen molar-refractivity contribution >= 4 is 45.8 Å². The molecule has 0 spiro atoms. The number of aromatic nitrogens is 6. The number of carbonyl (C=O) groups is 2. The van der Waals surface area contributed by atoms with Crippen LogP contribution < -0.4 is 10.6 Å². The van der Waals surface area contributed by atoms with Crippen LogP contribution in [0.2, 0.25) is 0 Å². The van der Waals surface area contributed by atoms with Crippen molar-refractivity contribution in [3.8, 4) is 0 Å². The van der Waals surface area contributed by atoms with E-state index in [1.165, 1.54) is 30.4 Å². The van der Waals surface area contributed by atoms with Crippen molar-refractivity contribution in [3.63, 3.8) is 0 Å². The Morgan fingerprint density at radius 3 is 1.45 bits per heavy atom. The molecule has 3 aliphatic carbocycles. The van der Waals surface area contributed by atoms with Crippen molar-refractivity contribution in [2.24, 2.45) is 5.92 Å². The van der Waals surface area contributed by atoms with Gasteiger partial charge in [0.2, 0.25) is 23.7 Å². The van der Waals surface area contributed by atoms with Crippen LogP contribution in [0.15, 0.2) is 24.8 Å². The highest BCUT2D eigenvalue weighted by Gasteiger charge is 2.33. The van der Waals surface area contributed by atoms with Gasteiger partial charge in [0, 0.05) is 98.2 Å². The van der Waals surface area contributed by atoms with E-state index in [9.17, 15) is 19.8 Å². The second-order valence-electron chi connectivity index (χ2n) is 21.8. The first-order chi connectivity index (χ1) is 33.5. The van der Waals surface area contributed by atoms with E-state index in [1.807, 2.05) is 17.3 Å². The molecule has 3 saturated carbocycles. The van der Waals surface area contributed by atoms with Crippen LogP contribution >= 0.6 is 0 Å². The summed E-state index contributed by atoms with van der Waals surface area (Å²) >= 11 is 0. The molecule has 2 amide bonds. The van der Waals surface area contributed by atoms with Crippen molar-refractivity contribution in [2.75, 3.05) is 36.8 Å². The van der Waals surface area contributed by atoms with Gasteiger partial charge in [-0.3, -0.25) is 9.59 Å². The number of nitrogens with one attached hydrogen (secondary N) is 2. The van der Waals surface area contributed by atoms with Gasteiger partial charge in [0.1, 0.15) is 11.3 Å². The standard InChI is InChI=1S/C29H45N5O2.C26H41N5O2/c1-3-7-20(2)31-29-30-18-25-26(19-34(27(25)32-29)23-10-12-24(35)13-11-23)21-14-16-33(17-15-21)28(36)22-8-5-4-6-9-22;1-4-6-18(3)28-26-27-16-22-23(19-12-14-30(15-13-19)24(33)7-5-2)17-31(25(22)29-26)20-8-10-21(32)11-9-20/h18-24,35H,3-17H2,1-2H3,(H,30,31,32);16-21,32H,4-15H2,1-3H3,(H,27,28,29)/t20-,23?,24?;18-,20?,21?/m00/s1. The van der Waals surface area contributed by atoms with Gasteiger partial charge in [-0.2, -0.15) is 9.97 Å². The molecule has 4 aromatic heterocycles. The lowest BCUT2D eigenvalue weighted by Gasteiger charge is -2.35. The third-order valence-corrected chi connectivity index (χ3v) is 16.5. The molecular weight excluding hydrogens is 865 g/mol. The van der Waals surface area contributed by atoms with Gasteiger partial charge in [0.15, 0.2) is 0 Å².